The van der Waals surface area contributed by atoms with Crippen molar-refractivity contribution in [3.63, 3.8) is 0 Å². The van der Waals surface area contributed by atoms with Gasteiger partial charge in [0.05, 0.1) is 6.61 Å². The molecule has 0 aliphatic rings. The Hall–Kier alpha value is -2.17. The van der Waals surface area contributed by atoms with Gasteiger partial charge in [0.25, 0.3) is 0 Å². The molecule has 2 N–H and O–H groups in total. The highest BCUT2D eigenvalue weighted by Crippen LogP contribution is 2.29. The molecule has 0 saturated carbocycles. The fraction of sp³-hybridized carbons (Fsp3) is 0.368. The fourth-order valence-electron chi connectivity index (χ4n) is 2.39. The quantitative estimate of drug-likeness (QED) is 0.309. The molecule has 2 aromatic rings. The van der Waals surface area contributed by atoms with Crippen molar-refractivity contribution >= 4 is 29.9 Å². The van der Waals surface area contributed by atoms with Gasteiger partial charge in [-0.15, -0.1) is 24.0 Å². The molecule has 9 heteroatoms. The molecule has 0 aliphatic carbocycles. The Morgan fingerprint density at radius 3 is 2.64 bits per heavy atom. The molecule has 1 heterocycles. The van der Waals surface area contributed by atoms with Gasteiger partial charge in [-0.05, 0) is 36.8 Å². The first-order valence-electron chi connectivity index (χ1n) is 8.67. The van der Waals surface area contributed by atoms with Gasteiger partial charge in [-0.1, -0.05) is 12.1 Å². The zero-order valence-corrected chi connectivity index (χ0v) is 18.2. The van der Waals surface area contributed by atoms with E-state index in [1.165, 1.54) is 6.07 Å². The lowest BCUT2D eigenvalue weighted by Crippen LogP contribution is -2.37. The first-order valence-corrected chi connectivity index (χ1v) is 8.67. The SMILES string of the molecule is CCOc1cc(CNC(=NC)NCCc2ccccn2)ccc1OC(F)F.I. The normalized spacial score (nSPS) is 11.0. The molecule has 0 unspecified atom stereocenters. The molecule has 6 nitrogen and oxygen atoms in total. The van der Waals surface area contributed by atoms with E-state index in [0.29, 0.717) is 25.7 Å². The van der Waals surface area contributed by atoms with E-state index in [0.717, 1.165) is 17.7 Å². The van der Waals surface area contributed by atoms with Gasteiger partial charge < -0.3 is 20.1 Å². The second kappa shape index (κ2) is 13.1. The van der Waals surface area contributed by atoms with Crippen molar-refractivity contribution in [3.05, 3.63) is 53.9 Å². The number of aromatic nitrogens is 1. The van der Waals surface area contributed by atoms with Gasteiger partial charge in [0.1, 0.15) is 0 Å². The number of ether oxygens (including phenoxy) is 2. The van der Waals surface area contributed by atoms with Gasteiger partial charge in [0, 0.05) is 38.4 Å². The maximum Gasteiger partial charge on any atom is 0.387 e. The zero-order chi connectivity index (χ0) is 19.5. The molecule has 0 amide bonds. The lowest BCUT2D eigenvalue weighted by atomic mass is 10.2. The van der Waals surface area contributed by atoms with Crippen molar-refractivity contribution < 1.29 is 18.3 Å². The van der Waals surface area contributed by atoms with Crippen LogP contribution in [-0.4, -0.2) is 37.8 Å². The topological polar surface area (TPSA) is 67.8 Å². The highest BCUT2D eigenvalue weighted by Gasteiger charge is 2.11. The van der Waals surface area contributed by atoms with Crippen LogP contribution >= 0.6 is 24.0 Å². The van der Waals surface area contributed by atoms with Crippen LogP contribution in [0.25, 0.3) is 0 Å². The summed E-state index contributed by atoms with van der Waals surface area (Å²) in [4.78, 5) is 8.44. The summed E-state index contributed by atoms with van der Waals surface area (Å²) in [6.45, 7) is 0.383. The molecule has 28 heavy (non-hydrogen) atoms. The second-order valence-corrected chi connectivity index (χ2v) is 5.52. The smallest absolute Gasteiger partial charge is 0.387 e. The molecule has 0 radical (unpaired) electrons. The Morgan fingerprint density at radius 2 is 2.00 bits per heavy atom. The number of aliphatic imine (C=N–C) groups is 1. The molecule has 154 valence electrons. The molecule has 1 aromatic heterocycles. The standard InChI is InChI=1S/C19H24F2N4O2.HI/c1-3-26-17-12-14(7-8-16(17)27-18(20)21)13-25-19(22-2)24-11-9-15-6-4-5-10-23-15;/h4-8,10,12,18H,3,9,11,13H2,1-2H3,(H2,22,24,25);1H. The number of pyridine rings is 1. The molecule has 0 atom stereocenters. The van der Waals surface area contributed by atoms with E-state index >= 15 is 0 Å². The number of nitrogens with zero attached hydrogens (tertiary/aromatic N) is 2. The fourth-order valence-corrected chi connectivity index (χ4v) is 2.39. The third kappa shape index (κ3) is 8.24. The highest BCUT2D eigenvalue weighted by atomic mass is 127. The Kier molecular flexibility index (Phi) is 11.2. The number of rotatable bonds is 9. The number of nitrogens with one attached hydrogen (secondary N) is 2. The van der Waals surface area contributed by atoms with Crippen LogP contribution in [0.2, 0.25) is 0 Å². The molecule has 0 spiro atoms. The van der Waals surface area contributed by atoms with Crippen LogP contribution in [0, 0.1) is 0 Å². The maximum atomic E-state index is 12.5. The predicted molar refractivity (Wildman–Crippen MR) is 116 cm³/mol. The minimum atomic E-state index is -2.89. The average molecular weight is 506 g/mol. The number of alkyl halides is 2. The number of benzene rings is 1. The molecule has 0 bridgehead atoms. The summed E-state index contributed by atoms with van der Waals surface area (Å²) in [5.74, 6) is 0.945. The van der Waals surface area contributed by atoms with Gasteiger partial charge in [-0.2, -0.15) is 8.78 Å². The van der Waals surface area contributed by atoms with E-state index in [2.05, 4.69) is 25.3 Å². The number of hydrogen-bond acceptors (Lipinski definition) is 4. The van der Waals surface area contributed by atoms with Crippen molar-refractivity contribution in [1.82, 2.24) is 15.6 Å². The average Bonchev–Trinajstić information content (AvgIpc) is 2.67. The van der Waals surface area contributed by atoms with Crippen molar-refractivity contribution in [1.29, 1.82) is 0 Å². The number of guanidine groups is 1. The van der Waals surface area contributed by atoms with E-state index < -0.39 is 6.61 Å². The molecule has 0 aliphatic heterocycles. The van der Waals surface area contributed by atoms with E-state index in [4.69, 9.17) is 4.74 Å². The van der Waals surface area contributed by atoms with Crippen LogP contribution in [0.3, 0.4) is 0 Å². The van der Waals surface area contributed by atoms with Gasteiger partial charge in [0.2, 0.25) is 0 Å². The summed E-state index contributed by atoms with van der Waals surface area (Å²) >= 11 is 0. The minimum Gasteiger partial charge on any atom is -0.490 e. The summed E-state index contributed by atoms with van der Waals surface area (Å²) in [6, 6.07) is 10.7. The van der Waals surface area contributed by atoms with Crippen LogP contribution in [-0.2, 0) is 13.0 Å². The van der Waals surface area contributed by atoms with Gasteiger partial charge in [-0.3, -0.25) is 9.98 Å². The van der Waals surface area contributed by atoms with Crippen LogP contribution in [0.4, 0.5) is 8.78 Å². The Morgan fingerprint density at radius 1 is 1.18 bits per heavy atom. The molecular weight excluding hydrogens is 481 g/mol. The third-order valence-electron chi connectivity index (χ3n) is 3.61. The molecule has 0 fully saturated rings. The summed E-state index contributed by atoms with van der Waals surface area (Å²) in [5, 5.41) is 6.38. The molecular formula is C19H25F2IN4O2. The van der Waals surface area contributed by atoms with Gasteiger partial charge in [0.15, 0.2) is 17.5 Å². The first-order chi connectivity index (χ1) is 13.1. The molecule has 2 rings (SSSR count). The lowest BCUT2D eigenvalue weighted by Gasteiger charge is -2.14. The van der Waals surface area contributed by atoms with Gasteiger partial charge in [-0.25, -0.2) is 0 Å². The van der Waals surface area contributed by atoms with Crippen LogP contribution in [0.15, 0.2) is 47.6 Å². The number of halogens is 3. The van der Waals surface area contributed by atoms with Crippen LogP contribution in [0.1, 0.15) is 18.2 Å². The van der Waals surface area contributed by atoms with E-state index in [-0.39, 0.29) is 35.5 Å². The summed E-state index contributed by atoms with van der Waals surface area (Å²) < 4.78 is 34.8. The Labute approximate surface area is 180 Å². The monoisotopic (exact) mass is 506 g/mol. The van der Waals surface area contributed by atoms with Crippen molar-refractivity contribution in [2.24, 2.45) is 4.99 Å². The largest absolute Gasteiger partial charge is 0.490 e. The Balaban J connectivity index is 0.00000392. The summed E-state index contributed by atoms with van der Waals surface area (Å²) in [5.41, 5.74) is 1.85. The first kappa shape index (κ1) is 23.9. The van der Waals surface area contributed by atoms with E-state index in [1.54, 1.807) is 32.3 Å². The lowest BCUT2D eigenvalue weighted by molar-refractivity contribution is -0.0514. The van der Waals surface area contributed by atoms with Gasteiger partial charge >= 0.3 is 6.61 Å². The summed E-state index contributed by atoms with van der Waals surface area (Å²) in [6.07, 6.45) is 2.54. The molecule has 1 aromatic carbocycles. The maximum absolute atomic E-state index is 12.5. The van der Waals surface area contributed by atoms with Crippen molar-refractivity contribution in [3.8, 4) is 11.5 Å². The van der Waals surface area contributed by atoms with Crippen LogP contribution < -0.4 is 20.1 Å². The van der Waals surface area contributed by atoms with Crippen molar-refractivity contribution in [2.75, 3.05) is 20.2 Å². The number of hydrogen-bond donors (Lipinski definition) is 2. The van der Waals surface area contributed by atoms with Crippen molar-refractivity contribution in [2.45, 2.75) is 26.5 Å². The second-order valence-electron chi connectivity index (χ2n) is 5.52. The zero-order valence-electron chi connectivity index (χ0n) is 15.8. The minimum absolute atomic E-state index is 0. The predicted octanol–water partition coefficient (Wildman–Crippen LogP) is 3.61. The summed E-state index contributed by atoms with van der Waals surface area (Å²) in [7, 11) is 1.68. The van der Waals surface area contributed by atoms with E-state index in [1.807, 2.05) is 18.2 Å². The van der Waals surface area contributed by atoms with E-state index in [9.17, 15) is 8.78 Å². The Bertz CT molecular complexity index is 733. The van der Waals surface area contributed by atoms with Crippen LogP contribution in [0.5, 0.6) is 11.5 Å². The molecule has 0 saturated heterocycles. The highest BCUT2D eigenvalue weighted by molar-refractivity contribution is 14.0. The third-order valence-corrected chi connectivity index (χ3v) is 3.61.